The Labute approximate surface area is 206 Å². The highest BCUT2D eigenvalue weighted by Crippen LogP contribution is 2.23. The summed E-state index contributed by atoms with van der Waals surface area (Å²) in [6.45, 7) is 3.11. The highest BCUT2D eigenvalue weighted by Gasteiger charge is 2.28. The van der Waals surface area contributed by atoms with Crippen molar-refractivity contribution in [1.82, 2.24) is 20.1 Å². The smallest absolute Gasteiger partial charge is 0.262 e. The topological polar surface area (TPSA) is 110 Å². The van der Waals surface area contributed by atoms with Gasteiger partial charge in [-0.2, -0.15) is 5.10 Å². The molecule has 3 aromatic rings. The molecule has 2 amide bonds. The van der Waals surface area contributed by atoms with Crippen LogP contribution in [0.25, 0.3) is 0 Å². The van der Waals surface area contributed by atoms with Crippen molar-refractivity contribution in [3.63, 3.8) is 0 Å². The lowest BCUT2D eigenvalue weighted by molar-refractivity contribution is -0.118. The Hall–Kier alpha value is -2.95. The van der Waals surface area contributed by atoms with Crippen molar-refractivity contribution in [2.24, 2.45) is 7.05 Å². The van der Waals surface area contributed by atoms with E-state index in [0.717, 1.165) is 29.1 Å². The number of hydrogen-bond acceptors (Lipinski definition) is 7. The zero-order valence-corrected chi connectivity index (χ0v) is 20.6. The summed E-state index contributed by atoms with van der Waals surface area (Å²) >= 11 is 7.40. The van der Waals surface area contributed by atoms with Crippen LogP contribution in [0.4, 0.5) is 11.4 Å². The Kier molecular flexibility index (Phi) is 7.81. The molecule has 4 rings (SSSR count). The first kappa shape index (κ1) is 24.2. The van der Waals surface area contributed by atoms with Crippen LogP contribution in [-0.4, -0.2) is 45.3 Å². The maximum Gasteiger partial charge on any atom is 0.262 e. The maximum atomic E-state index is 13.0. The molecular formula is C23H27ClN6O3S. The summed E-state index contributed by atoms with van der Waals surface area (Å²) in [5.41, 5.74) is 2.26. The fourth-order valence-corrected chi connectivity index (χ4v) is 4.74. The number of carbonyl (C=O) groups is 2. The standard InChI is InChI=1S/C23H27ClN6O3S/c1-14-19(8-15(24)10-25-14)26-12-18-5-6-21(34-18)23(32)29-20(9-17-4-3-7-33-17)22(31)28-16-11-27-30(2)13-16/h5-6,8,10-11,13,17,20,26H,3-4,7,9,12H2,1-2H3,(H,28,31)(H,29,32). The Balaban J connectivity index is 1.39. The van der Waals surface area contributed by atoms with Crippen molar-refractivity contribution in [1.29, 1.82) is 0 Å². The van der Waals surface area contributed by atoms with Gasteiger partial charge in [-0.3, -0.25) is 19.3 Å². The number of nitrogens with zero attached hydrogens (tertiary/aromatic N) is 3. The molecule has 0 saturated carbocycles. The molecule has 0 aliphatic carbocycles. The molecule has 1 saturated heterocycles. The highest BCUT2D eigenvalue weighted by molar-refractivity contribution is 7.14. The fraction of sp³-hybridized carbons (Fsp3) is 0.391. The molecule has 4 heterocycles. The molecule has 1 fully saturated rings. The number of aryl methyl sites for hydroxylation is 2. The molecule has 3 aromatic heterocycles. The van der Waals surface area contributed by atoms with Crippen LogP contribution in [0.3, 0.4) is 0 Å². The molecule has 180 valence electrons. The number of pyridine rings is 1. The summed E-state index contributed by atoms with van der Waals surface area (Å²) in [4.78, 5) is 31.7. The number of anilines is 2. The van der Waals surface area contributed by atoms with E-state index in [1.807, 2.05) is 19.1 Å². The molecule has 2 unspecified atom stereocenters. The van der Waals surface area contributed by atoms with Crippen molar-refractivity contribution in [3.05, 3.63) is 57.3 Å². The summed E-state index contributed by atoms with van der Waals surface area (Å²) in [6.07, 6.45) is 7.07. The number of nitrogens with one attached hydrogen (secondary N) is 3. The fourth-order valence-electron chi connectivity index (χ4n) is 3.73. The van der Waals surface area contributed by atoms with Crippen molar-refractivity contribution < 1.29 is 14.3 Å². The number of rotatable bonds is 9. The van der Waals surface area contributed by atoms with Gasteiger partial charge in [-0.15, -0.1) is 11.3 Å². The quantitative estimate of drug-likeness (QED) is 0.411. The van der Waals surface area contributed by atoms with Gasteiger partial charge in [-0.25, -0.2) is 0 Å². The highest BCUT2D eigenvalue weighted by atomic mass is 35.5. The van der Waals surface area contributed by atoms with Gasteiger partial charge in [0.15, 0.2) is 0 Å². The summed E-state index contributed by atoms with van der Waals surface area (Å²) in [6, 6.07) is 4.76. The molecule has 34 heavy (non-hydrogen) atoms. The molecule has 0 spiro atoms. The van der Waals surface area contributed by atoms with Crippen molar-refractivity contribution >= 4 is 46.1 Å². The second-order valence-electron chi connectivity index (χ2n) is 8.19. The third-order valence-electron chi connectivity index (χ3n) is 5.51. The van der Waals surface area contributed by atoms with E-state index in [9.17, 15) is 9.59 Å². The van der Waals surface area contributed by atoms with Crippen LogP contribution < -0.4 is 16.0 Å². The van der Waals surface area contributed by atoms with Crippen LogP contribution in [0, 0.1) is 6.92 Å². The van der Waals surface area contributed by atoms with Gasteiger partial charge >= 0.3 is 0 Å². The molecular weight excluding hydrogens is 476 g/mol. The average Bonchev–Trinajstić information content (AvgIpc) is 3.56. The van der Waals surface area contributed by atoms with Crippen LogP contribution in [0.15, 0.2) is 36.8 Å². The van der Waals surface area contributed by atoms with Crippen molar-refractivity contribution in [3.8, 4) is 0 Å². The molecule has 0 bridgehead atoms. The minimum absolute atomic E-state index is 0.0532. The Morgan fingerprint density at radius 2 is 2.21 bits per heavy atom. The predicted octanol–water partition coefficient (Wildman–Crippen LogP) is 3.76. The number of carbonyl (C=O) groups excluding carboxylic acids is 2. The summed E-state index contributed by atoms with van der Waals surface area (Å²) in [7, 11) is 1.77. The Morgan fingerprint density at radius 3 is 2.94 bits per heavy atom. The third-order valence-corrected chi connectivity index (χ3v) is 6.80. The van der Waals surface area contributed by atoms with Gasteiger partial charge in [0.05, 0.1) is 39.3 Å². The molecule has 3 N–H and O–H groups in total. The molecule has 1 aliphatic rings. The zero-order valence-electron chi connectivity index (χ0n) is 19.0. The summed E-state index contributed by atoms with van der Waals surface area (Å²) in [5.74, 6) is -0.583. The van der Waals surface area contributed by atoms with Crippen molar-refractivity contribution in [2.75, 3.05) is 17.2 Å². The zero-order chi connectivity index (χ0) is 24.1. The van der Waals surface area contributed by atoms with Crippen LogP contribution in [0.1, 0.15) is 39.5 Å². The number of thiophene rings is 1. The number of hydrogen-bond donors (Lipinski definition) is 3. The minimum atomic E-state index is -0.723. The molecule has 0 aromatic carbocycles. The second kappa shape index (κ2) is 11.0. The summed E-state index contributed by atoms with van der Waals surface area (Å²) < 4.78 is 7.31. The monoisotopic (exact) mass is 502 g/mol. The van der Waals surface area contributed by atoms with Crippen molar-refractivity contribution in [2.45, 2.75) is 44.9 Å². The molecule has 2 atom stereocenters. The number of aromatic nitrogens is 3. The van der Waals surface area contributed by atoms with E-state index in [2.05, 4.69) is 26.0 Å². The van der Waals surface area contributed by atoms with Gasteiger partial charge in [-0.05, 0) is 38.0 Å². The minimum Gasteiger partial charge on any atom is -0.379 e. The van der Waals surface area contributed by atoms with E-state index in [1.54, 1.807) is 36.4 Å². The van der Waals surface area contributed by atoms with Gasteiger partial charge in [0.2, 0.25) is 5.91 Å². The number of halogens is 1. The SMILES string of the molecule is Cc1ncc(Cl)cc1NCc1ccc(C(=O)NC(CC2CCCO2)C(=O)Nc2cnn(C)c2)s1. The first-order chi connectivity index (χ1) is 16.4. The van der Waals surface area contributed by atoms with E-state index in [-0.39, 0.29) is 17.9 Å². The number of ether oxygens (including phenoxy) is 1. The van der Waals surface area contributed by atoms with E-state index >= 15 is 0 Å². The van der Waals surface area contributed by atoms with E-state index in [0.29, 0.717) is 35.2 Å². The molecule has 1 aliphatic heterocycles. The van der Waals surface area contributed by atoms with Gasteiger partial charge in [0, 0.05) is 43.9 Å². The lowest BCUT2D eigenvalue weighted by Gasteiger charge is -2.20. The first-order valence-corrected chi connectivity index (χ1v) is 12.2. The van der Waals surface area contributed by atoms with Crippen LogP contribution in [0.2, 0.25) is 5.02 Å². The van der Waals surface area contributed by atoms with E-state index in [1.165, 1.54) is 11.3 Å². The second-order valence-corrected chi connectivity index (χ2v) is 9.80. The molecule has 11 heteroatoms. The largest absolute Gasteiger partial charge is 0.379 e. The maximum absolute atomic E-state index is 13.0. The lowest BCUT2D eigenvalue weighted by atomic mass is 10.1. The van der Waals surface area contributed by atoms with Gasteiger partial charge in [-0.1, -0.05) is 11.6 Å². The third kappa shape index (κ3) is 6.34. The Bertz CT molecular complexity index is 1160. The summed E-state index contributed by atoms with van der Waals surface area (Å²) in [5, 5.41) is 13.7. The normalized spacial score (nSPS) is 16.3. The van der Waals surface area contributed by atoms with Gasteiger partial charge in [0.1, 0.15) is 6.04 Å². The predicted molar refractivity (Wildman–Crippen MR) is 132 cm³/mol. The first-order valence-electron chi connectivity index (χ1n) is 11.0. The average molecular weight is 503 g/mol. The van der Waals surface area contributed by atoms with Gasteiger partial charge in [0.25, 0.3) is 5.91 Å². The Morgan fingerprint density at radius 1 is 1.35 bits per heavy atom. The van der Waals surface area contributed by atoms with E-state index in [4.69, 9.17) is 16.3 Å². The number of amides is 2. The van der Waals surface area contributed by atoms with Crippen LogP contribution in [0.5, 0.6) is 0 Å². The molecule has 9 nitrogen and oxygen atoms in total. The van der Waals surface area contributed by atoms with Gasteiger partial charge < -0.3 is 20.7 Å². The van der Waals surface area contributed by atoms with Crippen LogP contribution in [-0.2, 0) is 23.1 Å². The lowest BCUT2D eigenvalue weighted by Crippen LogP contribution is -2.45. The van der Waals surface area contributed by atoms with E-state index < -0.39 is 6.04 Å². The molecule has 0 radical (unpaired) electrons. The van der Waals surface area contributed by atoms with Crippen LogP contribution >= 0.6 is 22.9 Å².